The monoisotopic (exact) mass is 297 g/mol. The summed E-state index contributed by atoms with van der Waals surface area (Å²) in [5, 5.41) is 4.11. The van der Waals surface area contributed by atoms with Gasteiger partial charge in [-0.25, -0.2) is 0 Å². The zero-order chi connectivity index (χ0) is 13.9. The first kappa shape index (κ1) is 14.0. The topological polar surface area (TPSA) is 39.7 Å². The summed E-state index contributed by atoms with van der Waals surface area (Å²) in [6.45, 7) is 4.92. The fraction of sp³-hybridized carbons (Fsp3) is 0.600. The molecule has 1 fully saturated rings. The van der Waals surface area contributed by atoms with Crippen LogP contribution in [0.1, 0.15) is 25.3 Å². The van der Waals surface area contributed by atoms with Crippen molar-refractivity contribution in [3.05, 3.63) is 22.7 Å². The van der Waals surface area contributed by atoms with Crippen LogP contribution in [-0.2, 0) is 11.3 Å². The van der Waals surface area contributed by atoms with E-state index in [-0.39, 0.29) is 0 Å². The van der Waals surface area contributed by atoms with E-state index in [0.29, 0.717) is 36.1 Å². The third kappa shape index (κ3) is 3.03. The van der Waals surface area contributed by atoms with E-state index < -0.39 is 0 Å². The van der Waals surface area contributed by atoms with Gasteiger partial charge in [0.05, 0.1) is 11.1 Å². The first-order valence-electron chi connectivity index (χ1n) is 7.17. The summed E-state index contributed by atoms with van der Waals surface area (Å²) in [7, 11) is 0. The second-order valence-corrected chi connectivity index (χ2v) is 5.73. The van der Waals surface area contributed by atoms with Crippen molar-refractivity contribution < 1.29 is 14.2 Å². The van der Waals surface area contributed by atoms with Crippen LogP contribution in [0.2, 0.25) is 5.02 Å². The lowest BCUT2D eigenvalue weighted by Gasteiger charge is -2.22. The average Bonchev–Trinajstić information content (AvgIpc) is 2.99. The number of ether oxygens (including phenoxy) is 3. The van der Waals surface area contributed by atoms with E-state index in [0.717, 1.165) is 37.3 Å². The van der Waals surface area contributed by atoms with Crippen LogP contribution in [-0.4, -0.2) is 32.0 Å². The van der Waals surface area contributed by atoms with Crippen molar-refractivity contribution in [3.8, 4) is 11.5 Å². The molecule has 1 N–H and O–H groups in total. The average molecular weight is 298 g/mol. The van der Waals surface area contributed by atoms with Crippen molar-refractivity contribution in [1.29, 1.82) is 0 Å². The highest BCUT2D eigenvalue weighted by Gasteiger charge is 2.22. The van der Waals surface area contributed by atoms with Gasteiger partial charge >= 0.3 is 0 Å². The van der Waals surface area contributed by atoms with Crippen LogP contribution in [0.25, 0.3) is 0 Å². The Balaban J connectivity index is 1.64. The maximum absolute atomic E-state index is 6.23. The lowest BCUT2D eigenvalue weighted by Crippen LogP contribution is -2.36. The van der Waals surface area contributed by atoms with Gasteiger partial charge in [0.2, 0.25) is 0 Å². The van der Waals surface area contributed by atoms with E-state index in [4.69, 9.17) is 25.8 Å². The minimum Gasteiger partial charge on any atom is -0.486 e. The molecule has 0 bridgehead atoms. The van der Waals surface area contributed by atoms with Crippen LogP contribution in [0.15, 0.2) is 12.1 Å². The molecular weight excluding hydrogens is 278 g/mol. The number of nitrogens with one attached hydrogen (secondary N) is 1. The van der Waals surface area contributed by atoms with Gasteiger partial charge in [-0.05, 0) is 37.5 Å². The number of rotatable bonds is 4. The van der Waals surface area contributed by atoms with E-state index in [1.165, 1.54) is 0 Å². The molecule has 0 amide bonds. The zero-order valence-corrected chi connectivity index (χ0v) is 12.4. The maximum atomic E-state index is 6.23. The van der Waals surface area contributed by atoms with Crippen LogP contribution in [0, 0.1) is 0 Å². The molecule has 1 aromatic rings. The van der Waals surface area contributed by atoms with Gasteiger partial charge in [-0.2, -0.15) is 0 Å². The third-order valence-electron chi connectivity index (χ3n) is 3.81. The van der Waals surface area contributed by atoms with E-state index in [1.54, 1.807) is 0 Å². The highest BCUT2D eigenvalue weighted by molar-refractivity contribution is 6.32. The lowest BCUT2D eigenvalue weighted by molar-refractivity contribution is 0.0832. The number of hydrogen-bond acceptors (Lipinski definition) is 4. The molecule has 2 heterocycles. The molecular formula is C15H20ClNO3. The molecule has 3 rings (SSSR count). The van der Waals surface area contributed by atoms with Crippen molar-refractivity contribution in [2.75, 3.05) is 19.8 Å². The fourth-order valence-corrected chi connectivity index (χ4v) is 2.96. The normalized spacial score (nSPS) is 22.8. The number of fused-ring (bicyclic) bond motifs is 1. The van der Waals surface area contributed by atoms with E-state index in [2.05, 4.69) is 12.2 Å². The summed E-state index contributed by atoms with van der Waals surface area (Å²) in [6.07, 6.45) is 2.62. The van der Waals surface area contributed by atoms with Crippen LogP contribution < -0.4 is 14.8 Å². The van der Waals surface area contributed by atoms with Gasteiger partial charge in [-0.15, -0.1) is 0 Å². The minimum absolute atomic E-state index is 0.322. The predicted molar refractivity (Wildman–Crippen MR) is 77.7 cm³/mol. The first-order chi connectivity index (χ1) is 9.74. The highest BCUT2D eigenvalue weighted by Crippen LogP contribution is 2.38. The van der Waals surface area contributed by atoms with Gasteiger partial charge in [-0.3, -0.25) is 0 Å². The van der Waals surface area contributed by atoms with Crippen molar-refractivity contribution >= 4 is 11.6 Å². The van der Waals surface area contributed by atoms with Crippen LogP contribution in [0.5, 0.6) is 11.5 Å². The van der Waals surface area contributed by atoms with Gasteiger partial charge in [0.1, 0.15) is 13.2 Å². The summed E-state index contributed by atoms with van der Waals surface area (Å²) >= 11 is 6.23. The SMILES string of the molecule is CC(NCc1cc(Cl)c2c(c1)OCCO2)C1CCCO1. The quantitative estimate of drug-likeness (QED) is 0.928. The molecule has 2 aliphatic heterocycles. The standard InChI is InChI=1S/C15H20ClNO3/c1-10(13-3-2-4-18-13)17-9-11-7-12(16)15-14(8-11)19-5-6-20-15/h7-8,10,13,17H,2-6,9H2,1H3. The van der Waals surface area contributed by atoms with E-state index in [9.17, 15) is 0 Å². The third-order valence-corrected chi connectivity index (χ3v) is 4.09. The van der Waals surface area contributed by atoms with Crippen molar-refractivity contribution in [2.45, 2.75) is 38.5 Å². The van der Waals surface area contributed by atoms with E-state index in [1.807, 2.05) is 12.1 Å². The summed E-state index contributed by atoms with van der Waals surface area (Å²) in [6, 6.07) is 4.27. The molecule has 4 nitrogen and oxygen atoms in total. The molecule has 2 aliphatic rings. The molecule has 1 saturated heterocycles. The Morgan fingerprint density at radius 2 is 2.15 bits per heavy atom. The summed E-state index contributed by atoms with van der Waals surface area (Å²) in [5.41, 5.74) is 1.10. The Bertz CT molecular complexity index is 474. The number of benzene rings is 1. The Kier molecular flexibility index (Phi) is 4.34. The smallest absolute Gasteiger partial charge is 0.179 e. The van der Waals surface area contributed by atoms with E-state index >= 15 is 0 Å². The Labute approximate surface area is 124 Å². The number of halogens is 1. The summed E-state index contributed by atoms with van der Waals surface area (Å²) < 4.78 is 16.8. The molecule has 1 aromatic carbocycles. The Morgan fingerprint density at radius 3 is 2.95 bits per heavy atom. The maximum Gasteiger partial charge on any atom is 0.179 e. The van der Waals surface area contributed by atoms with Crippen LogP contribution in [0.4, 0.5) is 0 Å². The predicted octanol–water partition coefficient (Wildman–Crippen LogP) is 2.77. The lowest BCUT2D eigenvalue weighted by atomic mass is 10.1. The molecule has 110 valence electrons. The molecule has 20 heavy (non-hydrogen) atoms. The van der Waals surface area contributed by atoms with Gasteiger partial charge in [0.15, 0.2) is 11.5 Å². The van der Waals surface area contributed by atoms with Crippen molar-refractivity contribution in [2.24, 2.45) is 0 Å². The van der Waals surface area contributed by atoms with Crippen LogP contribution in [0.3, 0.4) is 0 Å². The molecule has 2 atom stereocenters. The molecule has 0 spiro atoms. The second-order valence-electron chi connectivity index (χ2n) is 5.32. The minimum atomic E-state index is 0.322. The van der Waals surface area contributed by atoms with Gasteiger partial charge in [0.25, 0.3) is 0 Å². The Hall–Kier alpha value is -0.970. The summed E-state index contributed by atoms with van der Waals surface area (Å²) in [5.74, 6) is 1.40. The zero-order valence-electron chi connectivity index (χ0n) is 11.7. The van der Waals surface area contributed by atoms with Gasteiger partial charge in [-0.1, -0.05) is 11.6 Å². The molecule has 0 saturated carbocycles. The fourth-order valence-electron chi connectivity index (χ4n) is 2.67. The molecule has 2 unspecified atom stereocenters. The van der Waals surface area contributed by atoms with Crippen LogP contribution >= 0.6 is 11.6 Å². The van der Waals surface area contributed by atoms with Gasteiger partial charge in [0, 0.05) is 19.2 Å². The summed E-state index contributed by atoms with van der Waals surface area (Å²) in [4.78, 5) is 0. The highest BCUT2D eigenvalue weighted by atomic mass is 35.5. The number of hydrogen-bond donors (Lipinski definition) is 1. The first-order valence-corrected chi connectivity index (χ1v) is 7.55. The molecule has 0 aliphatic carbocycles. The molecule has 0 aromatic heterocycles. The largest absolute Gasteiger partial charge is 0.486 e. The van der Waals surface area contributed by atoms with Crippen molar-refractivity contribution in [1.82, 2.24) is 5.32 Å². The van der Waals surface area contributed by atoms with Crippen molar-refractivity contribution in [3.63, 3.8) is 0 Å². The van der Waals surface area contributed by atoms with Gasteiger partial charge < -0.3 is 19.5 Å². The molecule has 0 radical (unpaired) electrons. The second kappa shape index (κ2) is 6.20. The Morgan fingerprint density at radius 1 is 1.30 bits per heavy atom. The molecule has 5 heteroatoms.